The van der Waals surface area contributed by atoms with E-state index in [9.17, 15) is 30.4 Å². The molecule has 0 saturated heterocycles. The van der Waals surface area contributed by atoms with Crippen molar-refractivity contribution in [3.8, 4) is 0 Å². The van der Waals surface area contributed by atoms with Crippen molar-refractivity contribution in [3.05, 3.63) is 64.2 Å². The zero-order valence-electron chi connectivity index (χ0n) is 15.4. The predicted octanol–water partition coefficient (Wildman–Crippen LogP) is 6.84. The molecule has 1 fully saturated rings. The summed E-state index contributed by atoms with van der Waals surface area (Å²) in [6.07, 6.45) is -1.42. The largest absolute Gasteiger partial charge is 0.417 e. The van der Waals surface area contributed by atoms with Crippen LogP contribution in [0.15, 0.2) is 47.4 Å². The molecule has 0 aromatic heterocycles. The van der Waals surface area contributed by atoms with Gasteiger partial charge < -0.3 is 0 Å². The van der Waals surface area contributed by atoms with E-state index >= 15 is 0 Å². The summed E-state index contributed by atoms with van der Waals surface area (Å²) in [6.45, 7) is 0. The number of sulfone groups is 1. The standard InChI is InChI=1S/C21H16ClF5O2S/c22-18-6-3-13(9-17(18)21(25,26)27)16-11-20(7-8-20)10-15(16)12-1-4-14(5-2-12)30(28,29)19(23)24/h1-6,9,19H,7-8,10-11H2. The van der Waals surface area contributed by atoms with Crippen LogP contribution < -0.4 is 0 Å². The molecule has 160 valence electrons. The van der Waals surface area contributed by atoms with Crippen molar-refractivity contribution in [1.29, 1.82) is 0 Å². The first-order valence-corrected chi connectivity index (χ1v) is 11.1. The molecular formula is C21H16ClF5O2S. The second kappa shape index (κ2) is 7.05. The first-order valence-electron chi connectivity index (χ1n) is 9.15. The Morgan fingerprint density at radius 2 is 1.43 bits per heavy atom. The minimum atomic E-state index is -4.71. The highest BCUT2D eigenvalue weighted by Crippen LogP contribution is 2.63. The van der Waals surface area contributed by atoms with Crippen LogP contribution in [0.25, 0.3) is 11.1 Å². The third-order valence-corrected chi connectivity index (χ3v) is 7.54. The molecule has 0 aliphatic heterocycles. The summed E-state index contributed by atoms with van der Waals surface area (Å²) in [5, 5.41) is -0.380. The molecule has 0 bridgehead atoms. The highest BCUT2D eigenvalue weighted by molar-refractivity contribution is 7.91. The molecule has 4 rings (SSSR count). The SMILES string of the molecule is O=S(=O)(c1ccc(C2=C(c3ccc(Cl)c(C(F)(F)F)c3)CC3(CC3)C2)cc1)C(F)F. The van der Waals surface area contributed by atoms with Gasteiger partial charge in [-0.05, 0) is 77.6 Å². The highest BCUT2D eigenvalue weighted by Gasteiger charge is 2.48. The number of hydrogen-bond donors (Lipinski definition) is 0. The van der Waals surface area contributed by atoms with E-state index in [0.717, 1.165) is 42.2 Å². The monoisotopic (exact) mass is 462 g/mol. The van der Waals surface area contributed by atoms with Crippen LogP contribution in [0.2, 0.25) is 5.02 Å². The van der Waals surface area contributed by atoms with Crippen LogP contribution in [0.1, 0.15) is 42.4 Å². The van der Waals surface area contributed by atoms with Crippen molar-refractivity contribution in [2.75, 3.05) is 0 Å². The summed E-state index contributed by atoms with van der Waals surface area (Å²) in [4.78, 5) is -0.492. The van der Waals surface area contributed by atoms with Gasteiger partial charge in [0.25, 0.3) is 0 Å². The van der Waals surface area contributed by atoms with E-state index in [1.807, 2.05) is 0 Å². The van der Waals surface area contributed by atoms with Gasteiger partial charge in [-0.1, -0.05) is 29.8 Å². The first kappa shape index (κ1) is 21.3. The van der Waals surface area contributed by atoms with Gasteiger partial charge in [-0.15, -0.1) is 0 Å². The Kier molecular flexibility index (Phi) is 5.01. The van der Waals surface area contributed by atoms with Gasteiger partial charge >= 0.3 is 11.9 Å². The van der Waals surface area contributed by atoms with Crippen molar-refractivity contribution < 1.29 is 30.4 Å². The molecule has 1 saturated carbocycles. The Morgan fingerprint density at radius 3 is 1.93 bits per heavy atom. The molecule has 0 atom stereocenters. The maximum atomic E-state index is 13.3. The Balaban J connectivity index is 1.78. The lowest BCUT2D eigenvalue weighted by molar-refractivity contribution is -0.137. The van der Waals surface area contributed by atoms with Crippen LogP contribution in [-0.4, -0.2) is 14.2 Å². The molecular weight excluding hydrogens is 447 g/mol. The Bertz CT molecular complexity index is 1130. The third kappa shape index (κ3) is 3.75. The summed E-state index contributed by atoms with van der Waals surface area (Å²) >= 11 is 5.74. The molecule has 0 N–H and O–H groups in total. The van der Waals surface area contributed by atoms with Gasteiger partial charge in [-0.3, -0.25) is 0 Å². The zero-order chi connectivity index (χ0) is 21.9. The molecule has 2 aliphatic rings. The van der Waals surface area contributed by atoms with Gasteiger partial charge in [0.15, 0.2) is 0 Å². The van der Waals surface area contributed by atoms with Crippen molar-refractivity contribution in [3.63, 3.8) is 0 Å². The fourth-order valence-corrected chi connectivity index (χ4v) is 4.93. The summed E-state index contributed by atoms with van der Waals surface area (Å²) in [5.41, 5.74) is 1.68. The van der Waals surface area contributed by atoms with Crippen LogP contribution in [0.3, 0.4) is 0 Å². The number of halogens is 6. The number of rotatable bonds is 4. The van der Waals surface area contributed by atoms with E-state index < -0.39 is 32.2 Å². The van der Waals surface area contributed by atoms with Gasteiger partial charge in [0, 0.05) is 0 Å². The average molecular weight is 463 g/mol. The molecule has 2 aromatic carbocycles. The van der Waals surface area contributed by atoms with Gasteiger partial charge in [0.2, 0.25) is 9.84 Å². The van der Waals surface area contributed by atoms with Gasteiger partial charge in [-0.25, -0.2) is 8.42 Å². The van der Waals surface area contributed by atoms with E-state index in [-0.39, 0.29) is 10.4 Å². The van der Waals surface area contributed by atoms with Crippen molar-refractivity contribution in [1.82, 2.24) is 0 Å². The lowest BCUT2D eigenvalue weighted by Gasteiger charge is -2.14. The molecule has 2 aliphatic carbocycles. The molecule has 30 heavy (non-hydrogen) atoms. The maximum absolute atomic E-state index is 13.3. The number of allylic oxidation sites excluding steroid dienone is 2. The fraction of sp³-hybridized carbons (Fsp3) is 0.333. The highest BCUT2D eigenvalue weighted by atomic mass is 35.5. The molecule has 0 unspecified atom stereocenters. The molecule has 0 radical (unpaired) electrons. The van der Waals surface area contributed by atoms with Gasteiger partial charge in [0.1, 0.15) is 0 Å². The predicted molar refractivity (Wildman–Crippen MR) is 104 cm³/mol. The lowest BCUT2D eigenvalue weighted by atomic mass is 9.96. The van der Waals surface area contributed by atoms with Crippen LogP contribution in [0, 0.1) is 5.41 Å². The Morgan fingerprint density at radius 1 is 0.900 bits per heavy atom. The molecule has 2 nitrogen and oxygen atoms in total. The van der Waals surface area contributed by atoms with E-state index in [0.29, 0.717) is 24.0 Å². The van der Waals surface area contributed by atoms with Crippen LogP contribution in [-0.2, 0) is 16.0 Å². The van der Waals surface area contributed by atoms with Crippen molar-refractivity contribution in [2.24, 2.45) is 5.41 Å². The number of benzene rings is 2. The van der Waals surface area contributed by atoms with Gasteiger partial charge in [0.05, 0.1) is 15.5 Å². The van der Waals surface area contributed by atoms with Crippen LogP contribution in [0.4, 0.5) is 22.0 Å². The molecule has 9 heteroatoms. The Labute approximate surface area is 175 Å². The van der Waals surface area contributed by atoms with Crippen molar-refractivity contribution in [2.45, 2.75) is 42.5 Å². The quantitative estimate of drug-likeness (QED) is 0.466. The average Bonchev–Trinajstić information content (AvgIpc) is 3.32. The fourth-order valence-electron chi connectivity index (χ4n) is 3.99. The number of hydrogen-bond acceptors (Lipinski definition) is 2. The topological polar surface area (TPSA) is 34.1 Å². The molecule has 0 heterocycles. The second-order valence-electron chi connectivity index (χ2n) is 7.83. The zero-order valence-corrected chi connectivity index (χ0v) is 17.0. The second-order valence-corrected chi connectivity index (χ2v) is 10.2. The van der Waals surface area contributed by atoms with Crippen molar-refractivity contribution >= 4 is 32.6 Å². The third-order valence-electron chi connectivity index (χ3n) is 5.81. The number of alkyl halides is 5. The van der Waals surface area contributed by atoms with E-state index in [1.54, 1.807) is 6.07 Å². The van der Waals surface area contributed by atoms with Crippen LogP contribution >= 0.6 is 11.6 Å². The van der Waals surface area contributed by atoms with E-state index in [2.05, 4.69) is 0 Å². The smallest absolute Gasteiger partial charge is 0.218 e. The lowest BCUT2D eigenvalue weighted by Crippen LogP contribution is -2.11. The molecule has 0 amide bonds. The van der Waals surface area contributed by atoms with E-state index in [4.69, 9.17) is 11.6 Å². The normalized spacial score (nSPS) is 18.5. The summed E-state index contributed by atoms with van der Waals surface area (Å²) in [6, 6.07) is 8.91. The maximum Gasteiger partial charge on any atom is 0.417 e. The van der Waals surface area contributed by atoms with Crippen LogP contribution in [0.5, 0.6) is 0 Å². The molecule has 2 aromatic rings. The molecule has 1 spiro atoms. The Hall–Kier alpha value is -1.93. The minimum Gasteiger partial charge on any atom is -0.218 e. The minimum absolute atomic E-state index is 0.0103. The summed E-state index contributed by atoms with van der Waals surface area (Å²) in [5.74, 6) is -3.52. The van der Waals surface area contributed by atoms with Gasteiger partial charge in [-0.2, -0.15) is 22.0 Å². The first-order chi connectivity index (χ1) is 13.9. The van der Waals surface area contributed by atoms with E-state index in [1.165, 1.54) is 18.2 Å². The summed E-state index contributed by atoms with van der Waals surface area (Å²) in [7, 11) is -4.71. The summed E-state index contributed by atoms with van der Waals surface area (Å²) < 4.78 is 88.7.